The molecular formula is C12H19Br2N3. The lowest BCUT2D eigenvalue weighted by molar-refractivity contribution is 0.294. The average Bonchev–Trinajstić information content (AvgIpc) is 2.29. The number of rotatable bonds is 6. The Bertz CT molecular complexity index is 354. The minimum atomic E-state index is 0.375. The fraction of sp³-hybridized carbons (Fsp3) is 0.583. The molecule has 17 heavy (non-hydrogen) atoms. The molecule has 0 aliphatic rings. The quantitative estimate of drug-likeness (QED) is 0.833. The first-order valence-corrected chi connectivity index (χ1v) is 7.45. The summed E-state index contributed by atoms with van der Waals surface area (Å²) < 4.78 is 1.96. The first-order valence-electron chi connectivity index (χ1n) is 5.86. The molecule has 0 aliphatic heterocycles. The minimum absolute atomic E-state index is 0.375. The molecule has 0 radical (unpaired) electrons. The van der Waals surface area contributed by atoms with Gasteiger partial charge in [0.2, 0.25) is 0 Å². The van der Waals surface area contributed by atoms with E-state index in [4.69, 9.17) is 0 Å². The highest BCUT2D eigenvalue weighted by Crippen LogP contribution is 2.23. The molecule has 0 spiro atoms. The van der Waals surface area contributed by atoms with E-state index in [0.717, 1.165) is 34.4 Å². The second kappa shape index (κ2) is 7.34. The van der Waals surface area contributed by atoms with E-state index < -0.39 is 0 Å². The van der Waals surface area contributed by atoms with Gasteiger partial charge in [-0.1, -0.05) is 13.8 Å². The van der Waals surface area contributed by atoms with Crippen LogP contribution in [0.3, 0.4) is 0 Å². The summed E-state index contributed by atoms with van der Waals surface area (Å²) in [4.78, 5) is 6.75. The average molecular weight is 365 g/mol. The van der Waals surface area contributed by atoms with Crippen LogP contribution < -0.4 is 5.32 Å². The number of pyridine rings is 1. The van der Waals surface area contributed by atoms with E-state index in [1.165, 1.54) is 0 Å². The molecular weight excluding hydrogens is 346 g/mol. The van der Waals surface area contributed by atoms with Crippen molar-refractivity contribution in [3.05, 3.63) is 21.2 Å². The van der Waals surface area contributed by atoms with Crippen LogP contribution in [-0.2, 0) is 0 Å². The Morgan fingerprint density at radius 2 is 2.00 bits per heavy atom. The van der Waals surface area contributed by atoms with Crippen molar-refractivity contribution in [2.24, 2.45) is 0 Å². The second-order valence-corrected chi connectivity index (χ2v) is 5.79. The van der Waals surface area contributed by atoms with E-state index >= 15 is 0 Å². The third-order valence-corrected chi connectivity index (χ3v) is 3.66. The number of nitrogens with zero attached hydrogens (tertiary/aromatic N) is 2. The van der Waals surface area contributed by atoms with Crippen LogP contribution in [0, 0.1) is 0 Å². The molecule has 1 N–H and O–H groups in total. The summed E-state index contributed by atoms with van der Waals surface area (Å²) in [5.74, 6) is 0.896. The summed E-state index contributed by atoms with van der Waals surface area (Å²) in [7, 11) is 0. The number of likely N-dealkylation sites (N-methyl/N-ethyl adjacent to an activating group) is 1. The smallest absolute Gasteiger partial charge is 0.140 e. The van der Waals surface area contributed by atoms with Gasteiger partial charge < -0.3 is 10.2 Å². The lowest BCUT2D eigenvalue weighted by Gasteiger charge is -2.24. The van der Waals surface area contributed by atoms with Crippen molar-refractivity contribution < 1.29 is 0 Å². The Balaban J connectivity index is 2.58. The van der Waals surface area contributed by atoms with Crippen LogP contribution in [0.25, 0.3) is 0 Å². The molecule has 0 saturated heterocycles. The minimum Gasteiger partial charge on any atom is -0.365 e. The molecule has 5 heteroatoms. The van der Waals surface area contributed by atoms with Gasteiger partial charge in [-0.15, -0.1) is 0 Å². The Kier molecular flexibility index (Phi) is 6.44. The Hall–Kier alpha value is -0.130. The van der Waals surface area contributed by atoms with Crippen LogP contribution in [0.2, 0.25) is 0 Å². The molecule has 1 rings (SSSR count). The topological polar surface area (TPSA) is 28.2 Å². The largest absolute Gasteiger partial charge is 0.365 e. The number of nitrogens with one attached hydrogen (secondary N) is 1. The number of aromatic nitrogens is 1. The van der Waals surface area contributed by atoms with Crippen molar-refractivity contribution in [1.82, 2.24) is 9.88 Å². The Morgan fingerprint density at radius 3 is 2.53 bits per heavy atom. The fourth-order valence-corrected chi connectivity index (χ4v) is 2.77. The zero-order valence-electron chi connectivity index (χ0n) is 10.5. The van der Waals surface area contributed by atoms with Gasteiger partial charge in [-0.2, -0.15) is 0 Å². The van der Waals surface area contributed by atoms with Gasteiger partial charge >= 0.3 is 0 Å². The van der Waals surface area contributed by atoms with Gasteiger partial charge in [0.05, 0.1) is 4.47 Å². The summed E-state index contributed by atoms with van der Waals surface area (Å²) >= 11 is 6.90. The van der Waals surface area contributed by atoms with Crippen LogP contribution in [0.1, 0.15) is 20.8 Å². The van der Waals surface area contributed by atoms with Gasteiger partial charge in [-0.25, -0.2) is 4.98 Å². The van der Waals surface area contributed by atoms with E-state index in [9.17, 15) is 0 Å². The molecule has 1 heterocycles. The molecule has 1 unspecified atom stereocenters. The van der Waals surface area contributed by atoms with Crippen LogP contribution in [0.5, 0.6) is 0 Å². The molecule has 0 aromatic carbocycles. The molecule has 1 aromatic heterocycles. The highest BCUT2D eigenvalue weighted by atomic mass is 79.9. The summed E-state index contributed by atoms with van der Waals surface area (Å²) in [6, 6.07) is 2.37. The van der Waals surface area contributed by atoms with E-state index in [-0.39, 0.29) is 0 Å². The standard InChI is InChI=1S/C12H19Br2N3/c1-4-17(5-2)8-9(3)16-12-11(14)6-10(13)7-15-12/h6-7,9H,4-5,8H2,1-3H3,(H,15,16). The number of hydrogen-bond donors (Lipinski definition) is 1. The lowest BCUT2D eigenvalue weighted by atomic mass is 10.3. The zero-order chi connectivity index (χ0) is 12.8. The summed E-state index contributed by atoms with van der Waals surface area (Å²) in [5, 5.41) is 3.42. The van der Waals surface area contributed by atoms with Crippen molar-refractivity contribution >= 4 is 37.7 Å². The summed E-state index contributed by atoms with van der Waals surface area (Å²) in [6.45, 7) is 9.73. The first-order chi connectivity index (χ1) is 8.06. The summed E-state index contributed by atoms with van der Waals surface area (Å²) in [6.07, 6.45) is 1.80. The first kappa shape index (κ1) is 14.9. The third kappa shape index (κ3) is 4.94. The number of halogens is 2. The van der Waals surface area contributed by atoms with Crippen molar-refractivity contribution in [3.8, 4) is 0 Å². The third-order valence-electron chi connectivity index (χ3n) is 2.62. The molecule has 3 nitrogen and oxygen atoms in total. The van der Waals surface area contributed by atoms with Crippen LogP contribution in [0.4, 0.5) is 5.82 Å². The highest BCUT2D eigenvalue weighted by molar-refractivity contribution is 9.11. The molecule has 1 atom stereocenters. The van der Waals surface area contributed by atoms with Gasteiger partial charge in [0.1, 0.15) is 5.82 Å². The van der Waals surface area contributed by atoms with Crippen LogP contribution in [0.15, 0.2) is 21.2 Å². The monoisotopic (exact) mass is 363 g/mol. The highest BCUT2D eigenvalue weighted by Gasteiger charge is 2.09. The van der Waals surface area contributed by atoms with Crippen LogP contribution in [-0.4, -0.2) is 35.6 Å². The molecule has 0 bridgehead atoms. The van der Waals surface area contributed by atoms with Gasteiger partial charge in [0.15, 0.2) is 0 Å². The Labute approximate surface area is 120 Å². The molecule has 0 amide bonds. The van der Waals surface area contributed by atoms with E-state index in [1.807, 2.05) is 6.07 Å². The molecule has 0 saturated carbocycles. The Morgan fingerprint density at radius 1 is 1.35 bits per heavy atom. The normalized spacial score (nSPS) is 12.8. The lowest BCUT2D eigenvalue weighted by Crippen LogP contribution is -2.35. The molecule has 1 aromatic rings. The van der Waals surface area contributed by atoms with Gasteiger partial charge in [0, 0.05) is 23.3 Å². The van der Waals surface area contributed by atoms with E-state index in [0.29, 0.717) is 6.04 Å². The van der Waals surface area contributed by atoms with Crippen LogP contribution >= 0.6 is 31.9 Å². The predicted octanol–water partition coefficient (Wildman–Crippen LogP) is 3.75. The maximum absolute atomic E-state index is 4.35. The fourth-order valence-electron chi connectivity index (χ4n) is 1.67. The van der Waals surface area contributed by atoms with Gasteiger partial charge in [0.25, 0.3) is 0 Å². The van der Waals surface area contributed by atoms with Gasteiger partial charge in [-0.05, 0) is 57.9 Å². The van der Waals surface area contributed by atoms with E-state index in [2.05, 4.69) is 67.8 Å². The molecule has 0 fully saturated rings. The zero-order valence-corrected chi connectivity index (χ0v) is 13.7. The van der Waals surface area contributed by atoms with Gasteiger partial charge in [-0.3, -0.25) is 0 Å². The van der Waals surface area contributed by atoms with Crippen molar-refractivity contribution in [2.45, 2.75) is 26.8 Å². The maximum atomic E-state index is 4.35. The SMILES string of the molecule is CCN(CC)CC(C)Nc1ncc(Br)cc1Br. The number of anilines is 1. The van der Waals surface area contributed by atoms with Crippen molar-refractivity contribution in [1.29, 1.82) is 0 Å². The molecule has 96 valence electrons. The van der Waals surface area contributed by atoms with Crippen molar-refractivity contribution in [2.75, 3.05) is 25.0 Å². The second-order valence-electron chi connectivity index (χ2n) is 4.02. The van der Waals surface area contributed by atoms with Crippen molar-refractivity contribution in [3.63, 3.8) is 0 Å². The maximum Gasteiger partial charge on any atom is 0.140 e. The predicted molar refractivity (Wildman–Crippen MR) is 80.5 cm³/mol. The molecule has 0 aliphatic carbocycles. The number of hydrogen-bond acceptors (Lipinski definition) is 3. The summed E-state index contributed by atoms with van der Waals surface area (Å²) in [5.41, 5.74) is 0. The van der Waals surface area contributed by atoms with E-state index in [1.54, 1.807) is 6.20 Å².